The first-order valence-electron chi connectivity index (χ1n) is 1.94. The van der Waals surface area contributed by atoms with Crippen molar-refractivity contribution < 1.29 is 12.6 Å². The molecule has 1 unspecified atom stereocenters. The number of rotatable bonds is 2. The van der Waals surface area contributed by atoms with E-state index >= 15 is 0 Å². The Morgan fingerprint density at radius 1 is 1.78 bits per heavy atom. The summed E-state index contributed by atoms with van der Waals surface area (Å²) < 4.78 is 24.2. The van der Waals surface area contributed by atoms with E-state index in [-0.39, 0.29) is 0 Å². The highest BCUT2D eigenvalue weighted by Gasteiger charge is 2.06. The average molecular weight is 260 g/mol. The van der Waals surface area contributed by atoms with Crippen molar-refractivity contribution in [2.24, 2.45) is 0 Å². The second-order valence-corrected chi connectivity index (χ2v) is 4.02. The normalized spacial score (nSPS) is 14.3. The van der Waals surface area contributed by atoms with Crippen LogP contribution in [-0.2, 0) is 14.3 Å². The summed E-state index contributed by atoms with van der Waals surface area (Å²) in [6, 6.07) is 0. The molecule has 0 bridgehead atoms. The molecule has 5 heteroatoms. The van der Waals surface area contributed by atoms with E-state index in [0.717, 1.165) is 6.26 Å². The van der Waals surface area contributed by atoms with Gasteiger partial charge in [0.05, 0.1) is 6.26 Å². The van der Waals surface area contributed by atoms with Crippen LogP contribution in [0.2, 0.25) is 0 Å². The molecule has 0 aromatic carbocycles. The fourth-order valence-electron chi connectivity index (χ4n) is 0.181. The van der Waals surface area contributed by atoms with Gasteiger partial charge >= 0.3 is 0 Å². The molecule has 0 aliphatic rings. The zero-order valence-electron chi connectivity index (χ0n) is 4.67. The van der Waals surface area contributed by atoms with E-state index in [1.807, 2.05) is 0 Å². The van der Waals surface area contributed by atoms with E-state index < -0.39 is 14.2 Å². The fourth-order valence-corrected chi connectivity index (χ4v) is 1.68. The summed E-state index contributed by atoms with van der Waals surface area (Å²) in [4.78, 5) is 0. The van der Waals surface area contributed by atoms with Gasteiger partial charge in [0.15, 0.2) is 4.11 Å². The molecule has 0 radical (unpaired) electrons. The zero-order valence-corrected chi connectivity index (χ0v) is 7.64. The Balaban J connectivity index is 3.94. The standard InChI is InChI=1S/C4H5IO3S/c1-3-4(5)8-9(2,6)7/h1,4H,2H3. The van der Waals surface area contributed by atoms with Gasteiger partial charge in [0.25, 0.3) is 10.1 Å². The minimum absolute atomic E-state index is 0.697. The fraction of sp³-hybridized carbons (Fsp3) is 0.500. The molecule has 0 aliphatic heterocycles. The molecule has 52 valence electrons. The molecule has 9 heavy (non-hydrogen) atoms. The second kappa shape index (κ2) is 3.39. The molecule has 0 aromatic heterocycles. The minimum Gasteiger partial charge on any atom is -0.243 e. The number of hydrogen-bond acceptors (Lipinski definition) is 3. The van der Waals surface area contributed by atoms with Crippen LogP contribution in [-0.4, -0.2) is 18.8 Å². The summed E-state index contributed by atoms with van der Waals surface area (Å²) in [5, 5.41) is 0. The summed E-state index contributed by atoms with van der Waals surface area (Å²) in [5.74, 6) is 2.11. The van der Waals surface area contributed by atoms with Gasteiger partial charge in [-0.2, -0.15) is 8.42 Å². The Bertz CT molecular complexity index is 212. The molecule has 0 aliphatic carbocycles. The maximum atomic E-state index is 10.3. The minimum atomic E-state index is -3.39. The molecule has 0 amide bonds. The van der Waals surface area contributed by atoms with Crippen molar-refractivity contribution >= 4 is 32.7 Å². The van der Waals surface area contributed by atoms with E-state index in [1.54, 1.807) is 22.6 Å². The SMILES string of the molecule is C#CC(I)OS(C)(=O)=O. The van der Waals surface area contributed by atoms with E-state index in [0.29, 0.717) is 0 Å². The first-order valence-corrected chi connectivity index (χ1v) is 5.00. The molecule has 0 aromatic rings. The van der Waals surface area contributed by atoms with Gasteiger partial charge in [-0.15, -0.1) is 6.42 Å². The van der Waals surface area contributed by atoms with E-state index in [1.165, 1.54) is 0 Å². The molecule has 0 saturated heterocycles. The second-order valence-electron chi connectivity index (χ2n) is 1.28. The first kappa shape index (κ1) is 9.20. The van der Waals surface area contributed by atoms with Crippen molar-refractivity contribution in [3.8, 4) is 12.3 Å². The lowest BCUT2D eigenvalue weighted by Crippen LogP contribution is -2.08. The summed E-state index contributed by atoms with van der Waals surface area (Å²) in [7, 11) is -3.39. The molecular formula is C4H5IO3S. The van der Waals surface area contributed by atoms with Gasteiger partial charge < -0.3 is 0 Å². The molecule has 1 atom stereocenters. The Morgan fingerprint density at radius 2 is 2.22 bits per heavy atom. The third-order valence-corrected chi connectivity index (χ3v) is 1.89. The Labute approximate surface area is 68.0 Å². The average Bonchev–Trinajstić information content (AvgIpc) is 1.62. The molecular weight excluding hydrogens is 255 g/mol. The van der Waals surface area contributed by atoms with Gasteiger partial charge in [0, 0.05) is 0 Å². The summed E-state index contributed by atoms with van der Waals surface area (Å²) >= 11 is 1.69. The largest absolute Gasteiger partial charge is 0.266 e. The van der Waals surface area contributed by atoms with Crippen molar-refractivity contribution in [1.29, 1.82) is 0 Å². The van der Waals surface area contributed by atoms with Gasteiger partial charge in [-0.1, -0.05) is 5.92 Å². The van der Waals surface area contributed by atoms with Crippen LogP contribution in [0.5, 0.6) is 0 Å². The van der Waals surface area contributed by atoms with Crippen molar-refractivity contribution in [1.82, 2.24) is 0 Å². The van der Waals surface area contributed by atoms with Gasteiger partial charge in [0.1, 0.15) is 0 Å². The summed E-state index contributed by atoms with van der Waals surface area (Å²) in [6.07, 6.45) is 5.79. The molecule has 0 spiro atoms. The van der Waals surface area contributed by atoms with Crippen LogP contribution >= 0.6 is 22.6 Å². The highest BCUT2D eigenvalue weighted by atomic mass is 127. The predicted molar refractivity (Wildman–Crippen MR) is 42.6 cm³/mol. The maximum absolute atomic E-state index is 10.3. The zero-order chi connectivity index (χ0) is 7.49. The van der Waals surface area contributed by atoms with Crippen molar-refractivity contribution in [2.75, 3.05) is 6.26 Å². The lowest BCUT2D eigenvalue weighted by atomic mass is 10.8. The quantitative estimate of drug-likeness (QED) is 0.311. The molecule has 0 fully saturated rings. The summed E-state index contributed by atoms with van der Waals surface area (Å²) in [6.45, 7) is 0. The van der Waals surface area contributed by atoms with Crippen LogP contribution in [0.15, 0.2) is 0 Å². The topological polar surface area (TPSA) is 43.4 Å². The Morgan fingerprint density at radius 3 is 2.33 bits per heavy atom. The van der Waals surface area contributed by atoms with E-state index in [4.69, 9.17) is 6.42 Å². The van der Waals surface area contributed by atoms with Crippen LogP contribution in [0, 0.1) is 12.3 Å². The van der Waals surface area contributed by atoms with Crippen LogP contribution in [0.3, 0.4) is 0 Å². The number of halogens is 1. The van der Waals surface area contributed by atoms with Crippen molar-refractivity contribution in [2.45, 2.75) is 4.11 Å². The van der Waals surface area contributed by atoms with E-state index in [2.05, 4.69) is 10.1 Å². The highest BCUT2D eigenvalue weighted by Crippen LogP contribution is 2.03. The van der Waals surface area contributed by atoms with Gasteiger partial charge in [0.2, 0.25) is 0 Å². The first-order chi connectivity index (χ1) is 3.95. The smallest absolute Gasteiger partial charge is 0.243 e. The lowest BCUT2D eigenvalue weighted by molar-refractivity contribution is 0.354. The third kappa shape index (κ3) is 6.08. The maximum Gasteiger partial charge on any atom is 0.266 e. The van der Waals surface area contributed by atoms with Crippen LogP contribution in [0.4, 0.5) is 0 Å². The third-order valence-electron chi connectivity index (χ3n) is 0.390. The number of terminal acetylenes is 1. The molecule has 0 N–H and O–H groups in total. The van der Waals surface area contributed by atoms with Crippen molar-refractivity contribution in [3.63, 3.8) is 0 Å². The van der Waals surface area contributed by atoms with Crippen LogP contribution < -0.4 is 0 Å². The number of hydrogen-bond donors (Lipinski definition) is 0. The number of alkyl halides is 1. The predicted octanol–water partition coefficient (Wildman–Crippen LogP) is 0.357. The highest BCUT2D eigenvalue weighted by molar-refractivity contribution is 14.1. The van der Waals surface area contributed by atoms with Crippen molar-refractivity contribution in [3.05, 3.63) is 0 Å². The Kier molecular flexibility index (Phi) is 3.46. The Hall–Kier alpha value is 0.200. The molecule has 3 nitrogen and oxygen atoms in total. The summed E-state index contributed by atoms with van der Waals surface area (Å²) in [5.41, 5.74) is 0. The monoisotopic (exact) mass is 260 g/mol. The van der Waals surface area contributed by atoms with E-state index in [9.17, 15) is 8.42 Å². The van der Waals surface area contributed by atoms with Gasteiger partial charge in [-0.05, 0) is 22.6 Å². The molecule has 0 heterocycles. The van der Waals surface area contributed by atoms with Gasteiger partial charge in [-0.25, -0.2) is 4.18 Å². The lowest BCUT2D eigenvalue weighted by Gasteiger charge is -1.99. The van der Waals surface area contributed by atoms with Gasteiger partial charge in [-0.3, -0.25) is 0 Å². The molecule has 0 rings (SSSR count). The molecule has 0 saturated carbocycles. The van der Waals surface area contributed by atoms with Crippen LogP contribution in [0.25, 0.3) is 0 Å². The van der Waals surface area contributed by atoms with Crippen LogP contribution in [0.1, 0.15) is 0 Å².